The lowest BCUT2D eigenvalue weighted by molar-refractivity contribution is 0.000141. The maximum Gasteiger partial charge on any atom is 0.142 e. The first-order chi connectivity index (χ1) is 7.97. The molecule has 1 aliphatic heterocycles. The van der Waals surface area contributed by atoms with Gasteiger partial charge in [0.15, 0.2) is 0 Å². The van der Waals surface area contributed by atoms with Crippen LogP contribution in [0.5, 0.6) is 0 Å². The second-order valence-electron chi connectivity index (χ2n) is 6.85. The van der Waals surface area contributed by atoms with E-state index in [0.717, 1.165) is 18.2 Å². The average Bonchev–Trinajstić information content (AvgIpc) is 2.54. The summed E-state index contributed by atoms with van der Waals surface area (Å²) in [7, 11) is 0. The first-order valence-corrected chi connectivity index (χ1v) is 7.28. The van der Waals surface area contributed by atoms with Gasteiger partial charge in [0.05, 0.1) is 0 Å². The minimum absolute atomic E-state index is 0.147. The predicted molar refractivity (Wildman–Crippen MR) is 70.3 cm³/mol. The molecule has 1 aromatic rings. The molecule has 1 aliphatic carbocycles. The fraction of sp³-hybridized carbons (Fsp3) is 0.846. The van der Waals surface area contributed by atoms with Crippen molar-refractivity contribution in [1.82, 2.24) is 14.7 Å². The van der Waals surface area contributed by atoms with E-state index in [9.17, 15) is 0 Å². The molecule has 0 radical (unpaired) electrons. The molecule has 1 N–H and O–H groups in total. The van der Waals surface area contributed by atoms with Crippen LogP contribution in [0.1, 0.15) is 44.4 Å². The van der Waals surface area contributed by atoms with E-state index in [2.05, 4.69) is 35.4 Å². The zero-order valence-electron chi connectivity index (χ0n) is 10.9. The Hall–Kier alpha value is -0.480. The molecule has 3 rings (SSSR count). The number of hydrogen-bond acceptors (Lipinski definition) is 4. The van der Waals surface area contributed by atoms with Crippen molar-refractivity contribution in [3.05, 3.63) is 10.8 Å². The van der Waals surface area contributed by atoms with Crippen LogP contribution in [0.3, 0.4) is 0 Å². The molecule has 0 atom stereocenters. The Labute approximate surface area is 107 Å². The molecule has 1 aromatic heterocycles. The molecule has 1 spiro atoms. The molecule has 0 amide bonds. The van der Waals surface area contributed by atoms with Gasteiger partial charge in [-0.15, -0.1) is 0 Å². The largest absolute Gasteiger partial charge is 0.316 e. The molecule has 0 aromatic carbocycles. The van der Waals surface area contributed by atoms with E-state index in [-0.39, 0.29) is 5.41 Å². The van der Waals surface area contributed by atoms with Crippen molar-refractivity contribution >= 4 is 11.5 Å². The number of aromatic nitrogens is 2. The van der Waals surface area contributed by atoms with Crippen LogP contribution in [-0.4, -0.2) is 22.4 Å². The van der Waals surface area contributed by atoms with E-state index in [1.165, 1.54) is 30.9 Å². The number of nitrogens with one attached hydrogen (secondary N) is 1. The van der Waals surface area contributed by atoms with Crippen LogP contribution in [0, 0.1) is 11.3 Å². The molecule has 4 heteroatoms. The third-order valence-corrected chi connectivity index (χ3v) is 5.20. The topological polar surface area (TPSA) is 37.8 Å². The van der Waals surface area contributed by atoms with Crippen molar-refractivity contribution in [1.29, 1.82) is 0 Å². The zero-order chi connectivity index (χ0) is 12.1. The smallest absolute Gasteiger partial charge is 0.142 e. The van der Waals surface area contributed by atoms with Crippen LogP contribution in [0.2, 0.25) is 0 Å². The monoisotopic (exact) mass is 251 g/mol. The minimum Gasteiger partial charge on any atom is -0.316 e. The minimum atomic E-state index is 0.147. The SMILES string of the molecule is CC(C)(C)c1nc(CC2CC3(CNC3)C2)ns1. The molecule has 0 unspecified atom stereocenters. The van der Waals surface area contributed by atoms with Crippen molar-refractivity contribution in [3.63, 3.8) is 0 Å². The Morgan fingerprint density at radius 1 is 1.35 bits per heavy atom. The molecular weight excluding hydrogens is 230 g/mol. The highest BCUT2D eigenvalue weighted by molar-refractivity contribution is 7.05. The van der Waals surface area contributed by atoms with Gasteiger partial charge in [0.2, 0.25) is 0 Å². The van der Waals surface area contributed by atoms with Crippen molar-refractivity contribution < 1.29 is 0 Å². The highest BCUT2D eigenvalue weighted by atomic mass is 32.1. The van der Waals surface area contributed by atoms with Crippen LogP contribution < -0.4 is 5.32 Å². The molecule has 2 aliphatic rings. The fourth-order valence-electron chi connectivity index (χ4n) is 2.98. The molecular formula is C13H21N3S. The maximum atomic E-state index is 4.69. The lowest BCUT2D eigenvalue weighted by Crippen LogP contribution is -2.60. The van der Waals surface area contributed by atoms with E-state index in [4.69, 9.17) is 0 Å². The third-order valence-electron chi connectivity index (χ3n) is 4.02. The van der Waals surface area contributed by atoms with Crippen LogP contribution in [0.25, 0.3) is 0 Å². The lowest BCUT2D eigenvalue weighted by Gasteiger charge is -2.54. The number of rotatable bonds is 2. The van der Waals surface area contributed by atoms with Crippen LogP contribution in [0.15, 0.2) is 0 Å². The lowest BCUT2D eigenvalue weighted by atomic mass is 9.58. The highest BCUT2D eigenvalue weighted by Gasteiger charge is 2.48. The Morgan fingerprint density at radius 3 is 2.53 bits per heavy atom. The second-order valence-corrected chi connectivity index (χ2v) is 7.60. The summed E-state index contributed by atoms with van der Waals surface area (Å²) < 4.78 is 4.51. The van der Waals surface area contributed by atoms with Gasteiger partial charge in [-0.05, 0) is 35.7 Å². The van der Waals surface area contributed by atoms with E-state index in [0.29, 0.717) is 5.41 Å². The summed E-state index contributed by atoms with van der Waals surface area (Å²) in [6.45, 7) is 9.09. The Bertz CT molecular complexity index is 407. The second kappa shape index (κ2) is 3.75. The molecule has 17 heavy (non-hydrogen) atoms. The Morgan fingerprint density at radius 2 is 2.06 bits per heavy atom. The molecule has 94 valence electrons. The average molecular weight is 251 g/mol. The van der Waals surface area contributed by atoms with Gasteiger partial charge in [0.25, 0.3) is 0 Å². The third kappa shape index (κ3) is 2.13. The summed E-state index contributed by atoms with van der Waals surface area (Å²) in [6.07, 6.45) is 3.85. The molecule has 0 bridgehead atoms. The molecule has 2 heterocycles. The molecule has 1 saturated heterocycles. The predicted octanol–water partition coefficient (Wildman–Crippen LogP) is 2.38. The summed E-state index contributed by atoms with van der Waals surface area (Å²) in [5.74, 6) is 1.91. The van der Waals surface area contributed by atoms with E-state index in [1.807, 2.05) is 0 Å². The summed E-state index contributed by atoms with van der Waals surface area (Å²) in [5.41, 5.74) is 0.822. The van der Waals surface area contributed by atoms with Crippen LogP contribution >= 0.6 is 11.5 Å². The van der Waals surface area contributed by atoms with Crippen molar-refractivity contribution in [3.8, 4) is 0 Å². The van der Waals surface area contributed by atoms with Crippen molar-refractivity contribution in [2.45, 2.75) is 45.4 Å². The van der Waals surface area contributed by atoms with Crippen molar-refractivity contribution in [2.75, 3.05) is 13.1 Å². The molecule has 2 fully saturated rings. The van der Waals surface area contributed by atoms with Crippen LogP contribution in [0.4, 0.5) is 0 Å². The van der Waals surface area contributed by atoms with Gasteiger partial charge in [-0.25, -0.2) is 4.98 Å². The van der Waals surface area contributed by atoms with Gasteiger partial charge >= 0.3 is 0 Å². The summed E-state index contributed by atoms with van der Waals surface area (Å²) in [6, 6.07) is 0. The van der Waals surface area contributed by atoms with Gasteiger partial charge in [0.1, 0.15) is 10.8 Å². The van der Waals surface area contributed by atoms with E-state index >= 15 is 0 Å². The van der Waals surface area contributed by atoms with Gasteiger partial charge in [-0.2, -0.15) is 4.37 Å². The summed E-state index contributed by atoms with van der Waals surface area (Å²) >= 11 is 1.58. The number of hydrogen-bond donors (Lipinski definition) is 1. The quantitative estimate of drug-likeness (QED) is 0.877. The first-order valence-electron chi connectivity index (χ1n) is 6.51. The van der Waals surface area contributed by atoms with Gasteiger partial charge < -0.3 is 5.32 Å². The van der Waals surface area contributed by atoms with Gasteiger partial charge in [-0.3, -0.25) is 0 Å². The van der Waals surface area contributed by atoms with Crippen molar-refractivity contribution in [2.24, 2.45) is 11.3 Å². The fourth-order valence-corrected chi connectivity index (χ4v) is 3.70. The standard InChI is InChI=1S/C13H21N3S/c1-12(2,3)11-15-10(16-17-11)4-9-5-13(6-9)7-14-8-13/h9,14H,4-8H2,1-3H3. The summed E-state index contributed by atoms with van der Waals surface area (Å²) in [4.78, 5) is 4.69. The van der Waals surface area contributed by atoms with Crippen LogP contribution in [-0.2, 0) is 11.8 Å². The first kappa shape index (κ1) is 11.6. The van der Waals surface area contributed by atoms with E-state index in [1.54, 1.807) is 11.5 Å². The zero-order valence-corrected chi connectivity index (χ0v) is 11.7. The Balaban J connectivity index is 1.57. The summed E-state index contributed by atoms with van der Waals surface area (Å²) in [5, 5.41) is 4.56. The van der Waals surface area contributed by atoms with Gasteiger partial charge in [0, 0.05) is 24.9 Å². The molecule has 1 saturated carbocycles. The van der Waals surface area contributed by atoms with E-state index < -0.39 is 0 Å². The maximum absolute atomic E-state index is 4.69. The normalized spacial score (nSPS) is 23.5. The highest BCUT2D eigenvalue weighted by Crippen LogP contribution is 2.49. The molecule has 3 nitrogen and oxygen atoms in total. The van der Waals surface area contributed by atoms with Gasteiger partial charge in [-0.1, -0.05) is 20.8 Å². The Kier molecular flexibility index (Phi) is 2.56. The number of nitrogens with zero attached hydrogens (tertiary/aromatic N) is 2.